The Morgan fingerprint density at radius 1 is 1.45 bits per heavy atom. The van der Waals surface area contributed by atoms with Crippen LogP contribution < -0.4 is 5.32 Å². The second-order valence-electron chi connectivity index (χ2n) is 5.53. The van der Waals surface area contributed by atoms with Gasteiger partial charge >= 0.3 is 0 Å². The predicted molar refractivity (Wildman–Crippen MR) is 86.1 cm³/mol. The third-order valence-electron chi connectivity index (χ3n) is 3.87. The average Bonchev–Trinajstić information content (AvgIpc) is 2.73. The summed E-state index contributed by atoms with van der Waals surface area (Å²) in [6.45, 7) is 4.45. The molecule has 1 aliphatic heterocycles. The smallest absolute Gasteiger partial charge is 0.225 e. The quantitative estimate of drug-likeness (QED) is 0.823. The molecule has 1 atom stereocenters. The molecule has 124 valence electrons. The van der Waals surface area contributed by atoms with Crippen LogP contribution in [0.15, 0.2) is 5.51 Å². The normalized spacial score (nSPS) is 21.5. The molecule has 1 saturated heterocycles. The first-order valence-electron chi connectivity index (χ1n) is 7.09. The molecule has 2 rings (SSSR count). The molecular formula is C13H22N4O3S2. The number of rotatable bonds is 4. The second-order valence-corrected chi connectivity index (χ2v) is 8.45. The van der Waals surface area contributed by atoms with Crippen LogP contribution in [-0.4, -0.2) is 68.0 Å². The summed E-state index contributed by atoms with van der Waals surface area (Å²) in [6.07, 6.45) is 1.19. The summed E-state index contributed by atoms with van der Waals surface area (Å²) >= 11 is 1.59. The molecule has 0 spiro atoms. The summed E-state index contributed by atoms with van der Waals surface area (Å²) in [4.78, 5) is 19.6. The summed E-state index contributed by atoms with van der Waals surface area (Å²) in [5.74, 6) is -0.489. The van der Waals surface area contributed by atoms with Crippen molar-refractivity contribution in [1.82, 2.24) is 19.5 Å². The van der Waals surface area contributed by atoms with E-state index in [1.54, 1.807) is 18.4 Å². The van der Waals surface area contributed by atoms with Crippen molar-refractivity contribution < 1.29 is 13.2 Å². The van der Waals surface area contributed by atoms with Gasteiger partial charge in [0, 0.05) is 44.6 Å². The Morgan fingerprint density at radius 2 is 2.18 bits per heavy atom. The van der Waals surface area contributed by atoms with E-state index in [1.165, 1.54) is 10.6 Å². The Balaban J connectivity index is 2.16. The molecule has 2 heterocycles. The molecule has 1 aromatic heterocycles. The molecule has 1 aliphatic rings. The summed E-state index contributed by atoms with van der Waals surface area (Å²) in [5, 5.41) is 2.63. The third kappa shape index (κ3) is 4.25. The van der Waals surface area contributed by atoms with Gasteiger partial charge in [-0.3, -0.25) is 9.69 Å². The lowest BCUT2D eigenvalue weighted by molar-refractivity contribution is -0.125. The summed E-state index contributed by atoms with van der Waals surface area (Å²) in [6, 6.07) is 0. The van der Waals surface area contributed by atoms with Gasteiger partial charge in [0.15, 0.2) is 0 Å². The molecule has 0 aliphatic carbocycles. The van der Waals surface area contributed by atoms with Crippen LogP contribution in [0.3, 0.4) is 0 Å². The molecule has 0 unspecified atom stereocenters. The minimum Gasteiger partial charge on any atom is -0.359 e. The van der Waals surface area contributed by atoms with Gasteiger partial charge in [0.1, 0.15) is 0 Å². The zero-order valence-corrected chi connectivity index (χ0v) is 14.7. The van der Waals surface area contributed by atoms with E-state index < -0.39 is 10.0 Å². The van der Waals surface area contributed by atoms with Crippen LogP contribution in [0.25, 0.3) is 0 Å². The number of carbonyl (C=O) groups excluding carboxylic acids is 1. The fourth-order valence-electron chi connectivity index (χ4n) is 2.55. The zero-order chi connectivity index (χ0) is 16.3. The highest BCUT2D eigenvalue weighted by atomic mass is 32.2. The Hall–Kier alpha value is -1.03. The highest BCUT2D eigenvalue weighted by molar-refractivity contribution is 7.88. The molecule has 9 heteroatoms. The van der Waals surface area contributed by atoms with Gasteiger partial charge in [-0.25, -0.2) is 17.7 Å². The van der Waals surface area contributed by atoms with Gasteiger partial charge in [-0.2, -0.15) is 0 Å². The number of nitrogens with zero attached hydrogens (tertiary/aromatic N) is 3. The number of nitrogens with one attached hydrogen (secondary N) is 1. The largest absolute Gasteiger partial charge is 0.359 e. The van der Waals surface area contributed by atoms with Gasteiger partial charge in [0.05, 0.1) is 23.4 Å². The SMILES string of the molecule is CNC(=O)[C@@H]1CN(Cc2scnc2C)CCN(S(C)(=O)=O)C1. The van der Waals surface area contributed by atoms with Crippen LogP contribution >= 0.6 is 11.3 Å². The monoisotopic (exact) mass is 346 g/mol. The Morgan fingerprint density at radius 3 is 2.73 bits per heavy atom. The Bertz CT molecular complexity index is 629. The van der Waals surface area contributed by atoms with Crippen molar-refractivity contribution in [3.8, 4) is 0 Å². The molecule has 1 N–H and O–H groups in total. The van der Waals surface area contributed by atoms with Crippen LogP contribution in [0.5, 0.6) is 0 Å². The summed E-state index contributed by atoms with van der Waals surface area (Å²) < 4.78 is 25.1. The van der Waals surface area contributed by atoms with Gasteiger partial charge < -0.3 is 5.32 Å². The number of hydrogen-bond donors (Lipinski definition) is 1. The fourth-order valence-corrected chi connectivity index (χ4v) is 4.23. The number of aromatic nitrogens is 1. The molecule has 0 aromatic carbocycles. The highest BCUT2D eigenvalue weighted by Gasteiger charge is 2.31. The Kier molecular flexibility index (Phi) is 5.54. The van der Waals surface area contributed by atoms with E-state index in [2.05, 4.69) is 15.2 Å². The molecule has 1 fully saturated rings. The molecular weight excluding hydrogens is 324 g/mol. The second kappa shape index (κ2) is 7.03. The minimum atomic E-state index is -3.30. The van der Waals surface area contributed by atoms with E-state index in [4.69, 9.17) is 0 Å². The van der Waals surface area contributed by atoms with Crippen LogP contribution in [0.2, 0.25) is 0 Å². The van der Waals surface area contributed by atoms with Gasteiger partial charge in [-0.05, 0) is 6.92 Å². The van der Waals surface area contributed by atoms with Crippen LogP contribution in [0, 0.1) is 12.8 Å². The molecule has 0 bridgehead atoms. The lowest BCUT2D eigenvalue weighted by Crippen LogP contribution is -2.41. The van der Waals surface area contributed by atoms with E-state index in [0.29, 0.717) is 26.2 Å². The number of amides is 1. The average molecular weight is 346 g/mol. The van der Waals surface area contributed by atoms with Crippen LogP contribution in [0.1, 0.15) is 10.6 Å². The van der Waals surface area contributed by atoms with Gasteiger partial charge in [-0.1, -0.05) is 0 Å². The fraction of sp³-hybridized carbons (Fsp3) is 0.692. The first-order valence-corrected chi connectivity index (χ1v) is 9.82. The minimum absolute atomic E-state index is 0.124. The van der Waals surface area contributed by atoms with E-state index in [1.807, 2.05) is 12.4 Å². The van der Waals surface area contributed by atoms with Crippen molar-refractivity contribution >= 4 is 27.3 Å². The molecule has 0 saturated carbocycles. The van der Waals surface area contributed by atoms with Gasteiger partial charge in [0.2, 0.25) is 15.9 Å². The van der Waals surface area contributed by atoms with Gasteiger partial charge in [-0.15, -0.1) is 11.3 Å². The van der Waals surface area contributed by atoms with E-state index in [0.717, 1.165) is 10.6 Å². The van der Waals surface area contributed by atoms with Gasteiger partial charge in [0.25, 0.3) is 0 Å². The van der Waals surface area contributed by atoms with E-state index in [9.17, 15) is 13.2 Å². The Labute approximate surface area is 135 Å². The zero-order valence-electron chi connectivity index (χ0n) is 13.1. The van der Waals surface area contributed by atoms with Crippen molar-refractivity contribution in [2.45, 2.75) is 13.5 Å². The maximum absolute atomic E-state index is 12.0. The number of hydrogen-bond acceptors (Lipinski definition) is 6. The maximum Gasteiger partial charge on any atom is 0.225 e. The standard InChI is InChI=1S/C13H22N4O3S2/c1-10-12(21-9-15-10)8-16-4-5-17(22(3,19)20)7-11(6-16)13(18)14-2/h9,11H,4-8H2,1-3H3,(H,14,18)/t11-/m1/s1. The van der Waals surface area contributed by atoms with Crippen molar-refractivity contribution in [1.29, 1.82) is 0 Å². The third-order valence-corrected chi connectivity index (χ3v) is 6.06. The maximum atomic E-state index is 12.0. The number of carbonyl (C=O) groups is 1. The number of sulfonamides is 1. The van der Waals surface area contributed by atoms with E-state index >= 15 is 0 Å². The van der Waals surface area contributed by atoms with Crippen LogP contribution in [-0.2, 0) is 21.4 Å². The van der Waals surface area contributed by atoms with Crippen molar-refractivity contribution in [2.24, 2.45) is 5.92 Å². The lowest BCUT2D eigenvalue weighted by atomic mass is 10.1. The predicted octanol–water partition coefficient (Wildman–Crippen LogP) is -0.109. The number of thiazole rings is 1. The molecule has 1 aromatic rings. The summed E-state index contributed by atoms with van der Waals surface area (Å²) in [5.41, 5.74) is 2.80. The molecule has 0 radical (unpaired) electrons. The summed E-state index contributed by atoms with van der Waals surface area (Å²) in [7, 11) is -1.72. The van der Waals surface area contributed by atoms with Crippen molar-refractivity contribution in [2.75, 3.05) is 39.5 Å². The van der Waals surface area contributed by atoms with E-state index in [-0.39, 0.29) is 18.4 Å². The first kappa shape index (κ1) is 17.3. The van der Waals surface area contributed by atoms with Crippen molar-refractivity contribution in [3.63, 3.8) is 0 Å². The molecule has 7 nitrogen and oxygen atoms in total. The lowest BCUT2D eigenvalue weighted by Gasteiger charge is -2.22. The first-order chi connectivity index (χ1) is 10.3. The topological polar surface area (TPSA) is 82.6 Å². The van der Waals surface area contributed by atoms with Crippen molar-refractivity contribution in [3.05, 3.63) is 16.1 Å². The number of aryl methyl sites for hydroxylation is 1. The highest BCUT2D eigenvalue weighted by Crippen LogP contribution is 2.19. The van der Waals surface area contributed by atoms with Crippen LogP contribution in [0.4, 0.5) is 0 Å². The molecule has 22 heavy (non-hydrogen) atoms. The molecule has 1 amide bonds.